The Hall–Kier alpha value is -0.300. The van der Waals surface area contributed by atoms with Crippen molar-refractivity contribution in [3.63, 3.8) is 0 Å². The average molecular weight is 222 g/mol. The fraction of sp³-hybridized carbons (Fsp3) is 0.867. The minimum absolute atomic E-state index is 0.166. The van der Waals surface area contributed by atoms with Crippen molar-refractivity contribution in [2.75, 3.05) is 0 Å². The predicted molar refractivity (Wildman–Crippen MR) is 68.2 cm³/mol. The third kappa shape index (κ3) is 1.95. The largest absolute Gasteiger partial charge is 0.393 e. The molecular weight excluding hydrogens is 196 g/mol. The highest BCUT2D eigenvalue weighted by Crippen LogP contribution is 2.57. The van der Waals surface area contributed by atoms with Crippen molar-refractivity contribution in [3.05, 3.63) is 11.6 Å². The van der Waals surface area contributed by atoms with Gasteiger partial charge in [0.05, 0.1) is 6.10 Å². The van der Waals surface area contributed by atoms with E-state index in [2.05, 4.69) is 26.8 Å². The predicted octanol–water partition coefficient (Wildman–Crippen LogP) is 3.92. The Bertz CT molecular complexity index is 301. The lowest BCUT2D eigenvalue weighted by Crippen LogP contribution is -2.48. The van der Waals surface area contributed by atoms with Gasteiger partial charge in [0.2, 0.25) is 0 Å². The third-order valence-corrected chi connectivity index (χ3v) is 4.98. The van der Waals surface area contributed by atoms with Gasteiger partial charge in [0, 0.05) is 5.41 Å². The number of fused-ring (bicyclic) bond motifs is 1. The number of hydrogen-bond acceptors (Lipinski definition) is 1. The molecule has 0 aliphatic heterocycles. The van der Waals surface area contributed by atoms with E-state index in [1.54, 1.807) is 0 Å². The van der Waals surface area contributed by atoms with E-state index in [4.69, 9.17) is 0 Å². The monoisotopic (exact) mass is 222 g/mol. The summed E-state index contributed by atoms with van der Waals surface area (Å²) in [6, 6.07) is 0. The molecule has 0 spiro atoms. The summed E-state index contributed by atoms with van der Waals surface area (Å²) in [4.78, 5) is 0. The number of hydrogen-bond donors (Lipinski definition) is 1. The lowest BCUT2D eigenvalue weighted by Gasteiger charge is -2.54. The molecular formula is C15H26O. The number of aliphatic hydroxyl groups is 1. The SMILES string of the molecule is CC1=CCC2CCC(C)(C)CC2(C(C)O)C1. The maximum atomic E-state index is 10.3. The van der Waals surface area contributed by atoms with Crippen LogP contribution < -0.4 is 0 Å². The average Bonchev–Trinajstić information content (AvgIpc) is 2.15. The minimum Gasteiger partial charge on any atom is -0.393 e. The van der Waals surface area contributed by atoms with E-state index in [-0.39, 0.29) is 11.5 Å². The zero-order chi connectivity index (χ0) is 12.0. The van der Waals surface area contributed by atoms with Gasteiger partial charge in [-0.1, -0.05) is 25.5 Å². The number of rotatable bonds is 1. The summed E-state index contributed by atoms with van der Waals surface area (Å²) in [5, 5.41) is 10.3. The molecule has 1 N–H and O–H groups in total. The summed E-state index contributed by atoms with van der Waals surface area (Å²) in [5.41, 5.74) is 2.06. The van der Waals surface area contributed by atoms with Gasteiger partial charge in [-0.25, -0.2) is 0 Å². The molecule has 0 heterocycles. The van der Waals surface area contributed by atoms with Crippen molar-refractivity contribution in [1.82, 2.24) is 0 Å². The van der Waals surface area contributed by atoms with Crippen LogP contribution in [0.15, 0.2) is 11.6 Å². The fourth-order valence-electron chi connectivity index (χ4n) is 4.11. The first kappa shape index (κ1) is 12.2. The van der Waals surface area contributed by atoms with Gasteiger partial charge in [-0.2, -0.15) is 0 Å². The molecule has 1 heteroatoms. The molecule has 0 radical (unpaired) electrons. The number of allylic oxidation sites excluding steroid dienone is 2. The molecule has 1 saturated carbocycles. The Kier molecular flexibility index (Phi) is 2.94. The van der Waals surface area contributed by atoms with Crippen molar-refractivity contribution in [1.29, 1.82) is 0 Å². The topological polar surface area (TPSA) is 20.2 Å². The van der Waals surface area contributed by atoms with E-state index >= 15 is 0 Å². The Morgan fingerprint density at radius 2 is 2.12 bits per heavy atom. The summed E-state index contributed by atoms with van der Waals surface area (Å²) in [5.74, 6) is 0.712. The van der Waals surface area contributed by atoms with Gasteiger partial charge in [-0.15, -0.1) is 0 Å². The Labute approximate surface area is 99.9 Å². The van der Waals surface area contributed by atoms with Crippen molar-refractivity contribution in [2.24, 2.45) is 16.7 Å². The second kappa shape index (κ2) is 3.87. The van der Waals surface area contributed by atoms with Crippen molar-refractivity contribution in [3.8, 4) is 0 Å². The normalized spacial score (nSPS) is 39.8. The summed E-state index contributed by atoms with van der Waals surface area (Å²) in [7, 11) is 0. The smallest absolute Gasteiger partial charge is 0.0574 e. The van der Waals surface area contributed by atoms with Crippen LogP contribution >= 0.6 is 0 Å². The maximum Gasteiger partial charge on any atom is 0.0574 e. The van der Waals surface area contributed by atoms with Crippen LogP contribution in [0.3, 0.4) is 0 Å². The van der Waals surface area contributed by atoms with Gasteiger partial charge in [0.1, 0.15) is 0 Å². The highest BCUT2D eigenvalue weighted by Gasteiger charge is 2.50. The van der Waals surface area contributed by atoms with Gasteiger partial charge in [-0.3, -0.25) is 0 Å². The van der Waals surface area contributed by atoms with Crippen LogP contribution in [-0.2, 0) is 0 Å². The van der Waals surface area contributed by atoms with Crippen LogP contribution in [0.4, 0.5) is 0 Å². The molecule has 16 heavy (non-hydrogen) atoms. The van der Waals surface area contributed by atoms with E-state index in [0.29, 0.717) is 11.3 Å². The van der Waals surface area contributed by atoms with Gasteiger partial charge < -0.3 is 5.11 Å². The first-order valence-corrected chi connectivity index (χ1v) is 6.69. The van der Waals surface area contributed by atoms with Crippen LogP contribution in [0.2, 0.25) is 0 Å². The first-order valence-electron chi connectivity index (χ1n) is 6.69. The molecule has 0 aromatic rings. The summed E-state index contributed by atoms with van der Waals surface area (Å²) >= 11 is 0. The number of aliphatic hydroxyl groups excluding tert-OH is 1. The van der Waals surface area contributed by atoms with E-state index in [0.717, 1.165) is 6.42 Å². The molecule has 0 saturated heterocycles. The molecule has 1 fully saturated rings. The molecule has 0 bridgehead atoms. The van der Waals surface area contributed by atoms with Gasteiger partial charge in [0.15, 0.2) is 0 Å². The Morgan fingerprint density at radius 3 is 2.75 bits per heavy atom. The van der Waals surface area contributed by atoms with Crippen LogP contribution in [0.5, 0.6) is 0 Å². The fourth-order valence-corrected chi connectivity index (χ4v) is 4.11. The van der Waals surface area contributed by atoms with E-state index in [9.17, 15) is 5.11 Å². The zero-order valence-electron chi connectivity index (χ0n) is 11.2. The van der Waals surface area contributed by atoms with Crippen LogP contribution in [0.25, 0.3) is 0 Å². The summed E-state index contributed by atoms with van der Waals surface area (Å²) in [6.07, 6.45) is 8.32. The highest BCUT2D eigenvalue weighted by molar-refractivity contribution is 5.14. The highest BCUT2D eigenvalue weighted by atomic mass is 16.3. The maximum absolute atomic E-state index is 10.3. The minimum atomic E-state index is -0.166. The second-order valence-corrected chi connectivity index (χ2v) is 6.95. The molecule has 92 valence electrons. The van der Waals surface area contributed by atoms with Crippen molar-refractivity contribution < 1.29 is 5.11 Å². The van der Waals surface area contributed by atoms with E-state index in [1.807, 2.05) is 6.92 Å². The molecule has 3 atom stereocenters. The van der Waals surface area contributed by atoms with Crippen molar-refractivity contribution >= 4 is 0 Å². The molecule has 3 unspecified atom stereocenters. The second-order valence-electron chi connectivity index (χ2n) is 6.95. The van der Waals surface area contributed by atoms with Gasteiger partial charge in [0.25, 0.3) is 0 Å². The Balaban J connectivity index is 2.32. The first-order chi connectivity index (χ1) is 7.36. The van der Waals surface area contributed by atoms with Crippen LogP contribution in [0.1, 0.15) is 59.8 Å². The van der Waals surface area contributed by atoms with E-state index in [1.165, 1.54) is 31.3 Å². The van der Waals surface area contributed by atoms with Gasteiger partial charge >= 0.3 is 0 Å². The summed E-state index contributed by atoms with van der Waals surface area (Å²) in [6.45, 7) is 8.96. The molecule has 0 aromatic heterocycles. The molecule has 2 rings (SSSR count). The molecule has 2 aliphatic carbocycles. The van der Waals surface area contributed by atoms with Gasteiger partial charge in [-0.05, 0) is 57.3 Å². The molecule has 1 nitrogen and oxygen atoms in total. The zero-order valence-corrected chi connectivity index (χ0v) is 11.2. The van der Waals surface area contributed by atoms with Crippen LogP contribution in [-0.4, -0.2) is 11.2 Å². The quantitative estimate of drug-likeness (QED) is 0.667. The lowest BCUT2D eigenvalue weighted by atomic mass is 9.52. The Morgan fingerprint density at radius 1 is 1.44 bits per heavy atom. The van der Waals surface area contributed by atoms with Crippen LogP contribution in [0, 0.1) is 16.7 Å². The summed E-state index contributed by atoms with van der Waals surface area (Å²) < 4.78 is 0. The van der Waals surface area contributed by atoms with E-state index < -0.39 is 0 Å². The molecule has 0 aromatic carbocycles. The molecule has 0 amide bonds. The lowest BCUT2D eigenvalue weighted by molar-refractivity contribution is -0.0766. The third-order valence-electron chi connectivity index (χ3n) is 4.98. The van der Waals surface area contributed by atoms with Crippen molar-refractivity contribution in [2.45, 2.75) is 65.9 Å². The standard InChI is InChI=1S/C15H26O/c1-11-5-6-13-7-8-14(3,4)10-15(13,9-11)12(2)16/h5,12-13,16H,6-10H2,1-4H3. The molecule has 2 aliphatic rings.